The van der Waals surface area contributed by atoms with Gasteiger partial charge in [-0.2, -0.15) is 13.1 Å². The molecule has 0 atom stereocenters. The largest absolute Gasteiger partial charge is 0.395 e. The van der Waals surface area contributed by atoms with Gasteiger partial charge in [0.05, 0.1) is 12.3 Å². The zero-order valence-electron chi connectivity index (χ0n) is 11.7. The number of rotatable bonds is 6. The van der Waals surface area contributed by atoms with Crippen LogP contribution in [0.4, 0.5) is 5.69 Å². The molecule has 20 heavy (non-hydrogen) atoms. The standard InChI is InChI=1S/C14H20N2O3S/c1-3-9-15-20(18,19)16-14-8-7-13(12(2)11-14)6-4-5-10-17/h7-8,11,15-17H,3,5,9-10H2,1-2H3. The molecule has 1 rings (SSSR count). The smallest absolute Gasteiger partial charge is 0.299 e. The monoisotopic (exact) mass is 296 g/mol. The van der Waals surface area contributed by atoms with Crippen LogP contribution in [0.1, 0.15) is 30.9 Å². The van der Waals surface area contributed by atoms with Gasteiger partial charge in [0, 0.05) is 18.5 Å². The second kappa shape index (κ2) is 7.90. The van der Waals surface area contributed by atoms with Gasteiger partial charge in [0.25, 0.3) is 10.2 Å². The molecule has 0 aliphatic carbocycles. The first-order valence-corrected chi connectivity index (χ1v) is 7.94. The van der Waals surface area contributed by atoms with Crippen molar-refractivity contribution in [3.05, 3.63) is 29.3 Å². The third-order valence-electron chi connectivity index (χ3n) is 2.48. The van der Waals surface area contributed by atoms with Crippen molar-refractivity contribution in [2.75, 3.05) is 17.9 Å². The molecule has 110 valence electrons. The Morgan fingerprint density at radius 3 is 2.70 bits per heavy atom. The summed E-state index contributed by atoms with van der Waals surface area (Å²) in [5, 5.41) is 8.67. The first-order valence-electron chi connectivity index (χ1n) is 6.46. The van der Waals surface area contributed by atoms with Crippen LogP contribution in [-0.4, -0.2) is 26.7 Å². The highest BCUT2D eigenvalue weighted by Gasteiger charge is 2.08. The average molecular weight is 296 g/mol. The van der Waals surface area contributed by atoms with Crippen LogP contribution in [0.15, 0.2) is 18.2 Å². The van der Waals surface area contributed by atoms with Crippen LogP contribution in [-0.2, 0) is 10.2 Å². The van der Waals surface area contributed by atoms with E-state index in [1.54, 1.807) is 18.2 Å². The van der Waals surface area contributed by atoms with Gasteiger partial charge in [0.1, 0.15) is 0 Å². The van der Waals surface area contributed by atoms with Gasteiger partial charge in [-0.15, -0.1) is 0 Å². The molecule has 0 amide bonds. The number of anilines is 1. The molecule has 0 aromatic heterocycles. The van der Waals surface area contributed by atoms with Crippen LogP contribution in [0.25, 0.3) is 0 Å². The number of hydrogen-bond acceptors (Lipinski definition) is 3. The van der Waals surface area contributed by atoms with Crippen LogP contribution in [0.3, 0.4) is 0 Å². The quantitative estimate of drug-likeness (QED) is 0.694. The van der Waals surface area contributed by atoms with E-state index in [4.69, 9.17) is 5.11 Å². The van der Waals surface area contributed by atoms with Crippen molar-refractivity contribution in [3.8, 4) is 11.8 Å². The summed E-state index contributed by atoms with van der Waals surface area (Å²) in [6.07, 6.45) is 1.16. The van der Waals surface area contributed by atoms with E-state index in [1.165, 1.54) is 0 Å². The predicted molar refractivity (Wildman–Crippen MR) is 80.6 cm³/mol. The van der Waals surface area contributed by atoms with Crippen molar-refractivity contribution >= 4 is 15.9 Å². The number of nitrogens with one attached hydrogen (secondary N) is 2. The molecule has 0 saturated heterocycles. The van der Waals surface area contributed by atoms with Gasteiger partial charge in [0.2, 0.25) is 0 Å². The van der Waals surface area contributed by atoms with E-state index >= 15 is 0 Å². The summed E-state index contributed by atoms with van der Waals surface area (Å²) in [6, 6.07) is 5.16. The zero-order chi connectivity index (χ0) is 15.0. The maximum Gasteiger partial charge on any atom is 0.299 e. The van der Waals surface area contributed by atoms with Gasteiger partial charge >= 0.3 is 0 Å². The van der Waals surface area contributed by atoms with Gasteiger partial charge in [-0.1, -0.05) is 18.8 Å². The number of benzene rings is 1. The summed E-state index contributed by atoms with van der Waals surface area (Å²) in [7, 11) is -3.52. The summed E-state index contributed by atoms with van der Waals surface area (Å²) in [4.78, 5) is 0. The van der Waals surface area contributed by atoms with Crippen molar-refractivity contribution in [1.29, 1.82) is 0 Å². The van der Waals surface area contributed by atoms with Crippen LogP contribution < -0.4 is 9.44 Å². The molecule has 0 spiro atoms. The average Bonchev–Trinajstić information content (AvgIpc) is 2.39. The van der Waals surface area contributed by atoms with E-state index in [-0.39, 0.29) is 6.61 Å². The molecule has 5 nitrogen and oxygen atoms in total. The van der Waals surface area contributed by atoms with Crippen LogP contribution in [0, 0.1) is 18.8 Å². The number of hydrogen-bond donors (Lipinski definition) is 3. The molecule has 0 heterocycles. The second-order valence-corrected chi connectivity index (χ2v) is 5.80. The summed E-state index contributed by atoms with van der Waals surface area (Å²) >= 11 is 0. The summed E-state index contributed by atoms with van der Waals surface area (Å²) in [6.45, 7) is 4.19. The van der Waals surface area contributed by atoms with Gasteiger partial charge in [-0.3, -0.25) is 4.72 Å². The molecule has 0 bridgehead atoms. The Kier molecular flexibility index (Phi) is 6.52. The lowest BCUT2D eigenvalue weighted by Crippen LogP contribution is -2.30. The second-order valence-electron chi connectivity index (χ2n) is 4.30. The van der Waals surface area contributed by atoms with Crippen molar-refractivity contribution in [1.82, 2.24) is 4.72 Å². The lowest BCUT2D eigenvalue weighted by atomic mass is 10.1. The lowest BCUT2D eigenvalue weighted by Gasteiger charge is -2.09. The fourth-order valence-corrected chi connectivity index (χ4v) is 2.49. The molecule has 3 N–H and O–H groups in total. The molecule has 0 aliphatic rings. The molecule has 0 aliphatic heterocycles. The van der Waals surface area contributed by atoms with E-state index in [2.05, 4.69) is 21.3 Å². The Morgan fingerprint density at radius 1 is 1.35 bits per heavy atom. The minimum atomic E-state index is -3.52. The Balaban J connectivity index is 2.80. The molecule has 0 saturated carbocycles. The molecule has 1 aromatic rings. The Bertz CT molecular complexity index is 601. The SMILES string of the molecule is CCCNS(=O)(=O)Nc1ccc(C#CCCO)c(C)c1. The van der Waals surface area contributed by atoms with Crippen LogP contribution >= 0.6 is 0 Å². The van der Waals surface area contributed by atoms with Crippen molar-refractivity contribution in [2.24, 2.45) is 0 Å². The maximum atomic E-state index is 11.7. The highest BCUT2D eigenvalue weighted by molar-refractivity contribution is 7.90. The normalized spacial score (nSPS) is 10.8. The maximum absolute atomic E-state index is 11.7. The van der Waals surface area contributed by atoms with Crippen molar-refractivity contribution in [2.45, 2.75) is 26.7 Å². The van der Waals surface area contributed by atoms with Gasteiger partial charge in [-0.25, -0.2) is 0 Å². The lowest BCUT2D eigenvalue weighted by molar-refractivity contribution is 0.305. The molecule has 0 radical (unpaired) electrons. The highest BCUT2D eigenvalue weighted by atomic mass is 32.2. The fourth-order valence-electron chi connectivity index (χ4n) is 1.51. The van der Waals surface area contributed by atoms with E-state index in [9.17, 15) is 8.42 Å². The number of aliphatic hydroxyl groups is 1. The number of aliphatic hydroxyl groups excluding tert-OH is 1. The van der Waals surface area contributed by atoms with Gasteiger partial charge in [-0.05, 0) is 37.1 Å². The topological polar surface area (TPSA) is 78.4 Å². The van der Waals surface area contributed by atoms with E-state index in [0.717, 1.165) is 17.5 Å². The predicted octanol–water partition coefficient (Wildman–Crippen LogP) is 1.39. The van der Waals surface area contributed by atoms with Crippen molar-refractivity contribution in [3.63, 3.8) is 0 Å². The molecule has 0 unspecified atom stereocenters. The van der Waals surface area contributed by atoms with E-state index < -0.39 is 10.2 Å². The Morgan fingerprint density at radius 2 is 2.10 bits per heavy atom. The molecule has 0 fully saturated rings. The minimum Gasteiger partial charge on any atom is -0.395 e. The van der Waals surface area contributed by atoms with E-state index in [1.807, 2.05) is 13.8 Å². The number of aryl methyl sites for hydroxylation is 1. The zero-order valence-corrected chi connectivity index (χ0v) is 12.5. The minimum absolute atomic E-state index is 0.0348. The Labute approximate surface area is 120 Å². The highest BCUT2D eigenvalue weighted by Crippen LogP contribution is 2.15. The summed E-state index contributed by atoms with van der Waals surface area (Å²) < 4.78 is 28.3. The Hall–Kier alpha value is -1.55. The van der Waals surface area contributed by atoms with Crippen LogP contribution in [0.2, 0.25) is 0 Å². The third kappa shape index (κ3) is 5.61. The van der Waals surface area contributed by atoms with Crippen LogP contribution in [0.5, 0.6) is 0 Å². The third-order valence-corrected chi connectivity index (χ3v) is 3.57. The van der Waals surface area contributed by atoms with Gasteiger partial charge in [0.15, 0.2) is 0 Å². The summed E-state index contributed by atoms with van der Waals surface area (Å²) in [5.41, 5.74) is 2.20. The molecule has 1 aromatic carbocycles. The van der Waals surface area contributed by atoms with E-state index in [0.29, 0.717) is 18.7 Å². The molecular weight excluding hydrogens is 276 g/mol. The van der Waals surface area contributed by atoms with Crippen molar-refractivity contribution < 1.29 is 13.5 Å². The summed E-state index contributed by atoms with van der Waals surface area (Å²) in [5.74, 6) is 5.77. The fraction of sp³-hybridized carbons (Fsp3) is 0.429. The molecule has 6 heteroatoms. The molecular formula is C14H20N2O3S. The van der Waals surface area contributed by atoms with Gasteiger partial charge < -0.3 is 5.11 Å². The first-order chi connectivity index (χ1) is 9.48. The first kappa shape index (κ1) is 16.5.